The molecule has 1 amide bonds. The minimum absolute atomic E-state index is 0. The number of ether oxygens (including phenoxy) is 3. The molecule has 11 nitrogen and oxygen atoms in total. The van der Waals surface area contributed by atoms with Crippen molar-refractivity contribution in [2.75, 3.05) is 33.0 Å². The topological polar surface area (TPSA) is 154 Å². The number of carbonyl (C=O) groups excluding carboxylic acids is 3. The third-order valence-corrected chi connectivity index (χ3v) is 2.82. The summed E-state index contributed by atoms with van der Waals surface area (Å²) in [5, 5.41) is 2.40. The molecule has 0 aliphatic carbocycles. The standard InChI is InChI=1S/C15H28N4O7.2ClH/c1-4-23-12(20)10-26-19-14(18-15(22)25-6-3)17-9-7-8-11(16)13(21)24-5-2;;/h11H,4-10,16H2,1-3H3,(H2,17,18,19,22);2*1H/t11-;;/m0../s1. The van der Waals surface area contributed by atoms with E-state index in [9.17, 15) is 14.4 Å². The van der Waals surface area contributed by atoms with Gasteiger partial charge in [0.15, 0.2) is 12.6 Å². The number of esters is 2. The van der Waals surface area contributed by atoms with Gasteiger partial charge in [0.2, 0.25) is 0 Å². The van der Waals surface area contributed by atoms with Gasteiger partial charge in [0, 0.05) is 6.42 Å². The van der Waals surface area contributed by atoms with Crippen molar-refractivity contribution < 1.29 is 69.0 Å². The minimum Gasteiger partial charge on any atom is -1.00 e. The van der Waals surface area contributed by atoms with Gasteiger partial charge in [-0.15, -0.1) is 5.48 Å². The van der Waals surface area contributed by atoms with Crippen LogP contribution in [-0.2, 0) is 28.6 Å². The second-order valence-electron chi connectivity index (χ2n) is 4.93. The second-order valence-corrected chi connectivity index (χ2v) is 4.93. The van der Waals surface area contributed by atoms with Gasteiger partial charge in [-0.25, -0.2) is 19.2 Å². The average Bonchev–Trinajstić information content (AvgIpc) is 2.58. The molecule has 0 aromatic carbocycles. The maximum Gasteiger partial charge on any atom is 0.476 e. The largest absolute Gasteiger partial charge is 1.00 e. The quantitative estimate of drug-likeness (QED) is 0.0606. The lowest BCUT2D eigenvalue weighted by atomic mass is 10.2. The SMILES string of the molecule is CCOC(=O)CONC(NC(=O)OCC)=[NH+]CCC[C@H]([NH3+])C(=O)OCC.[Cl-].[Cl-]. The molecular weight excluding hydrogens is 419 g/mol. The Morgan fingerprint density at radius 1 is 1.00 bits per heavy atom. The number of rotatable bonds is 11. The van der Waals surface area contributed by atoms with Gasteiger partial charge in [0.05, 0.1) is 26.4 Å². The Kier molecular flexibility index (Phi) is 22.0. The number of quaternary nitrogens is 1. The van der Waals surface area contributed by atoms with E-state index >= 15 is 0 Å². The van der Waals surface area contributed by atoms with Crippen molar-refractivity contribution in [2.45, 2.75) is 39.7 Å². The monoisotopic (exact) mass is 448 g/mol. The van der Waals surface area contributed by atoms with Gasteiger partial charge in [-0.05, 0) is 27.2 Å². The number of alkyl carbamates (subject to hydrolysis) is 1. The van der Waals surface area contributed by atoms with Crippen LogP contribution in [-0.4, -0.2) is 63.0 Å². The molecule has 166 valence electrons. The van der Waals surface area contributed by atoms with Crippen molar-refractivity contribution in [2.24, 2.45) is 0 Å². The van der Waals surface area contributed by atoms with Gasteiger partial charge in [0.25, 0.3) is 0 Å². The zero-order valence-electron chi connectivity index (χ0n) is 16.3. The first-order valence-corrected chi connectivity index (χ1v) is 8.52. The number of halogens is 2. The molecule has 0 aliphatic heterocycles. The third kappa shape index (κ3) is 16.4. The maximum absolute atomic E-state index is 11.5. The lowest BCUT2D eigenvalue weighted by Crippen LogP contribution is -3.00. The van der Waals surface area contributed by atoms with Crippen LogP contribution in [0.25, 0.3) is 0 Å². The fourth-order valence-corrected chi connectivity index (χ4v) is 1.68. The van der Waals surface area contributed by atoms with Crippen LogP contribution in [0.2, 0.25) is 0 Å². The highest BCUT2D eigenvalue weighted by molar-refractivity contribution is 5.90. The van der Waals surface area contributed by atoms with E-state index in [1.54, 1.807) is 20.8 Å². The zero-order chi connectivity index (χ0) is 19.8. The Morgan fingerprint density at radius 2 is 1.61 bits per heavy atom. The van der Waals surface area contributed by atoms with Gasteiger partial charge in [-0.1, -0.05) is 0 Å². The Balaban J connectivity index is -0.00000312. The molecular formula is C15H30Cl2N4O7. The van der Waals surface area contributed by atoms with E-state index in [1.807, 2.05) is 0 Å². The van der Waals surface area contributed by atoms with Crippen LogP contribution in [0, 0.1) is 0 Å². The van der Waals surface area contributed by atoms with Crippen LogP contribution in [0.3, 0.4) is 0 Å². The molecule has 0 aliphatic rings. The molecule has 13 heteroatoms. The predicted octanol–water partition coefficient (Wildman–Crippen LogP) is -8.78. The third-order valence-electron chi connectivity index (χ3n) is 2.82. The first-order valence-electron chi connectivity index (χ1n) is 8.52. The van der Waals surface area contributed by atoms with Gasteiger partial charge in [-0.2, -0.15) is 5.32 Å². The lowest BCUT2D eigenvalue weighted by molar-refractivity contribution is -0.468. The van der Waals surface area contributed by atoms with Crippen LogP contribution < -0.4 is 46.3 Å². The minimum atomic E-state index is -0.691. The van der Waals surface area contributed by atoms with Gasteiger partial charge < -0.3 is 44.8 Å². The van der Waals surface area contributed by atoms with Crippen LogP contribution in [0.1, 0.15) is 33.6 Å². The van der Waals surface area contributed by atoms with Crippen LogP contribution in [0.4, 0.5) is 4.79 Å². The van der Waals surface area contributed by atoms with Gasteiger partial charge in [0.1, 0.15) is 0 Å². The molecule has 0 fully saturated rings. The van der Waals surface area contributed by atoms with E-state index in [0.717, 1.165) is 0 Å². The van der Waals surface area contributed by atoms with Gasteiger partial charge >= 0.3 is 24.0 Å². The molecule has 6 N–H and O–H groups in total. The Labute approximate surface area is 176 Å². The second kappa shape index (κ2) is 19.9. The number of amides is 1. The lowest BCUT2D eigenvalue weighted by Gasteiger charge is -2.07. The van der Waals surface area contributed by atoms with E-state index in [-0.39, 0.29) is 56.6 Å². The van der Waals surface area contributed by atoms with E-state index in [4.69, 9.17) is 19.0 Å². The van der Waals surface area contributed by atoms with Crippen molar-refractivity contribution >= 4 is 24.0 Å². The number of carbonyl (C=O) groups is 3. The molecule has 0 unspecified atom stereocenters. The summed E-state index contributed by atoms with van der Waals surface area (Å²) in [5.74, 6) is -0.799. The zero-order valence-corrected chi connectivity index (χ0v) is 17.9. The first kappa shape index (κ1) is 30.9. The average molecular weight is 449 g/mol. The van der Waals surface area contributed by atoms with E-state index in [0.29, 0.717) is 26.0 Å². The molecule has 28 heavy (non-hydrogen) atoms. The van der Waals surface area contributed by atoms with Crippen molar-refractivity contribution in [3.63, 3.8) is 0 Å². The summed E-state index contributed by atoms with van der Waals surface area (Å²) in [6.45, 7) is 5.90. The molecule has 0 heterocycles. The summed E-state index contributed by atoms with van der Waals surface area (Å²) in [5.41, 5.74) is 6.16. The number of nitrogens with one attached hydrogen (secondary N) is 3. The molecule has 0 spiro atoms. The molecule has 0 aromatic heterocycles. The molecule has 0 rings (SSSR count). The van der Waals surface area contributed by atoms with Crippen LogP contribution in [0.15, 0.2) is 0 Å². The highest BCUT2D eigenvalue weighted by atomic mass is 35.5. The molecule has 0 radical (unpaired) electrons. The van der Waals surface area contributed by atoms with E-state index in [1.165, 1.54) is 0 Å². The van der Waals surface area contributed by atoms with Crippen molar-refractivity contribution in [1.29, 1.82) is 0 Å². The van der Waals surface area contributed by atoms with Crippen LogP contribution >= 0.6 is 0 Å². The van der Waals surface area contributed by atoms with Crippen molar-refractivity contribution in [3.8, 4) is 0 Å². The summed E-state index contributed by atoms with van der Waals surface area (Å²) >= 11 is 0. The van der Waals surface area contributed by atoms with Crippen LogP contribution in [0.5, 0.6) is 0 Å². The first-order chi connectivity index (χ1) is 12.4. The smallest absolute Gasteiger partial charge is 0.476 e. The summed E-state index contributed by atoms with van der Waals surface area (Å²) in [6, 6.07) is -0.466. The number of hydrogen-bond acceptors (Lipinski definition) is 7. The molecule has 1 atom stereocenters. The summed E-state index contributed by atoms with van der Waals surface area (Å²) < 4.78 is 14.4. The van der Waals surface area contributed by atoms with E-state index in [2.05, 4.69) is 21.5 Å². The van der Waals surface area contributed by atoms with E-state index < -0.39 is 18.1 Å². The van der Waals surface area contributed by atoms with Crippen molar-refractivity contribution in [3.05, 3.63) is 0 Å². The number of hydroxylamine groups is 1. The Bertz CT molecular complexity index is 481. The van der Waals surface area contributed by atoms with Gasteiger partial charge in [-0.3, -0.25) is 4.99 Å². The summed E-state index contributed by atoms with van der Waals surface area (Å²) in [4.78, 5) is 42.0. The highest BCUT2D eigenvalue weighted by Crippen LogP contribution is 1.93. The predicted molar refractivity (Wildman–Crippen MR) is 89.3 cm³/mol. The maximum atomic E-state index is 11.5. The van der Waals surface area contributed by atoms with Crippen molar-refractivity contribution in [1.82, 2.24) is 10.8 Å². The number of hydrogen-bond donors (Lipinski definition) is 4. The summed E-state index contributed by atoms with van der Waals surface area (Å²) in [7, 11) is 0. The molecule has 0 aromatic rings. The normalized spacial score (nSPS) is 11.2. The molecule has 0 bridgehead atoms. The fraction of sp³-hybridized carbons (Fsp3) is 0.733. The molecule has 0 saturated carbocycles. The summed E-state index contributed by atoms with van der Waals surface area (Å²) in [6.07, 6.45) is 0.395. The Morgan fingerprint density at radius 3 is 2.18 bits per heavy atom. The molecule has 0 saturated heterocycles. The fourth-order valence-electron chi connectivity index (χ4n) is 1.68. The highest BCUT2D eigenvalue weighted by Gasteiger charge is 2.18. The number of guanidine groups is 1. The Hall–Kier alpha value is -1.82.